The summed E-state index contributed by atoms with van der Waals surface area (Å²) in [6.45, 7) is 1.94. The van der Waals surface area contributed by atoms with Crippen molar-refractivity contribution in [2.75, 3.05) is 0 Å². The number of nitrogens with two attached hydrogens (primary N) is 1. The van der Waals surface area contributed by atoms with Crippen molar-refractivity contribution in [1.29, 1.82) is 0 Å². The Hall–Kier alpha value is -1.28. The number of rotatable bonds is 2. The minimum Gasteiger partial charge on any atom is -0.366 e. The van der Waals surface area contributed by atoms with E-state index in [9.17, 15) is 4.79 Å². The van der Waals surface area contributed by atoms with Gasteiger partial charge in [0.2, 0.25) is 5.91 Å². The third-order valence-corrected chi connectivity index (χ3v) is 1.90. The fraction of sp³-hybridized carbons (Fsp3) is 0.100. The monoisotopic (exact) mass is 195 g/mol. The summed E-state index contributed by atoms with van der Waals surface area (Å²) >= 11 is 5.78. The van der Waals surface area contributed by atoms with Crippen molar-refractivity contribution < 1.29 is 4.79 Å². The van der Waals surface area contributed by atoms with Gasteiger partial charge in [-0.25, -0.2) is 0 Å². The summed E-state index contributed by atoms with van der Waals surface area (Å²) in [6, 6.07) is 5.48. The second-order valence-corrected chi connectivity index (χ2v) is 3.17. The molecule has 0 aliphatic carbocycles. The minimum atomic E-state index is -0.459. The molecule has 0 saturated carbocycles. The smallest absolute Gasteiger partial charge is 0.241 e. The average molecular weight is 196 g/mol. The largest absolute Gasteiger partial charge is 0.366 e. The van der Waals surface area contributed by atoms with Crippen LogP contribution in [0.25, 0.3) is 6.08 Å². The third kappa shape index (κ3) is 2.92. The predicted octanol–water partition coefficient (Wildman–Crippen LogP) is 2.15. The summed E-state index contributed by atoms with van der Waals surface area (Å²) in [5.41, 5.74) is 6.94. The zero-order valence-electron chi connectivity index (χ0n) is 7.25. The van der Waals surface area contributed by atoms with Crippen LogP contribution in [-0.2, 0) is 4.79 Å². The van der Waals surface area contributed by atoms with Crippen molar-refractivity contribution in [2.24, 2.45) is 5.73 Å². The minimum absolute atomic E-state index is 0.459. The van der Waals surface area contributed by atoms with Gasteiger partial charge in [0, 0.05) is 11.1 Å². The molecule has 0 unspecified atom stereocenters. The molecule has 0 radical (unpaired) electrons. The van der Waals surface area contributed by atoms with Crippen molar-refractivity contribution in [1.82, 2.24) is 0 Å². The molecular formula is C10H10ClNO. The number of carbonyl (C=O) groups is 1. The van der Waals surface area contributed by atoms with Gasteiger partial charge in [0.15, 0.2) is 0 Å². The zero-order chi connectivity index (χ0) is 9.84. The molecule has 0 bridgehead atoms. The Kier molecular flexibility index (Phi) is 3.09. The molecule has 0 heterocycles. The Morgan fingerprint density at radius 3 is 2.85 bits per heavy atom. The molecule has 2 N–H and O–H groups in total. The van der Waals surface area contributed by atoms with E-state index in [1.807, 2.05) is 13.0 Å². The van der Waals surface area contributed by atoms with Gasteiger partial charge in [0.05, 0.1) is 0 Å². The van der Waals surface area contributed by atoms with Gasteiger partial charge >= 0.3 is 0 Å². The van der Waals surface area contributed by atoms with Gasteiger partial charge in [-0.15, -0.1) is 0 Å². The van der Waals surface area contributed by atoms with E-state index in [0.717, 1.165) is 11.1 Å². The van der Waals surface area contributed by atoms with E-state index < -0.39 is 5.91 Å². The maximum absolute atomic E-state index is 10.5. The van der Waals surface area contributed by atoms with Gasteiger partial charge in [0.25, 0.3) is 0 Å². The van der Waals surface area contributed by atoms with Crippen LogP contribution in [0.1, 0.15) is 11.1 Å². The number of hydrogen-bond donors (Lipinski definition) is 1. The summed E-state index contributed by atoms with van der Waals surface area (Å²) in [5, 5.41) is 0.648. The molecule has 0 fully saturated rings. The van der Waals surface area contributed by atoms with E-state index in [2.05, 4.69) is 0 Å². The molecule has 0 spiro atoms. The van der Waals surface area contributed by atoms with E-state index in [-0.39, 0.29) is 0 Å². The van der Waals surface area contributed by atoms with Crippen molar-refractivity contribution in [3.63, 3.8) is 0 Å². The van der Waals surface area contributed by atoms with Crippen molar-refractivity contribution in [2.45, 2.75) is 6.92 Å². The first kappa shape index (κ1) is 9.81. The van der Waals surface area contributed by atoms with Gasteiger partial charge in [-0.1, -0.05) is 17.7 Å². The van der Waals surface area contributed by atoms with Crippen LogP contribution >= 0.6 is 11.6 Å². The maximum Gasteiger partial charge on any atom is 0.241 e. The van der Waals surface area contributed by atoms with Gasteiger partial charge < -0.3 is 5.73 Å². The SMILES string of the molecule is Cc1ccc(Cl)cc1/C=C/C(N)=O. The fourth-order valence-electron chi connectivity index (χ4n) is 0.963. The summed E-state index contributed by atoms with van der Waals surface area (Å²) in [6.07, 6.45) is 2.97. The molecule has 1 rings (SSSR count). The molecule has 2 nitrogen and oxygen atoms in total. The lowest BCUT2D eigenvalue weighted by atomic mass is 10.1. The lowest BCUT2D eigenvalue weighted by Gasteiger charge is -1.99. The van der Waals surface area contributed by atoms with Crippen LogP contribution < -0.4 is 5.73 Å². The van der Waals surface area contributed by atoms with Gasteiger partial charge in [-0.2, -0.15) is 0 Å². The van der Waals surface area contributed by atoms with Crippen molar-refractivity contribution >= 4 is 23.6 Å². The van der Waals surface area contributed by atoms with Gasteiger partial charge in [0.1, 0.15) is 0 Å². The first-order valence-electron chi connectivity index (χ1n) is 3.83. The number of carbonyl (C=O) groups excluding carboxylic acids is 1. The van der Waals surface area contributed by atoms with Crippen LogP contribution in [0.2, 0.25) is 5.02 Å². The topological polar surface area (TPSA) is 43.1 Å². The summed E-state index contributed by atoms with van der Waals surface area (Å²) in [4.78, 5) is 10.5. The summed E-state index contributed by atoms with van der Waals surface area (Å²) in [7, 11) is 0. The number of halogens is 1. The van der Waals surface area contributed by atoms with Crippen molar-refractivity contribution in [3.05, 3.63) is 40.4 Å². The van der Waals surface area contributed by atoms with Crippen molar-refractivity contribution in [3.8, 4) is 0 Å². The molecule has 1 amide bonds. The van der Waals surface area contributed by atoms with Crippen LogP contribution in [0.15, 0.2) is 24.3 Å². The normalized spacial score (nSPS) is 10.6. The summed E-state index contributed by atoms with van der Waals surface area (Å²) in [5.74, 6) is -0.459. The van der Waals surface area contributed by atoms with Crippen LogP contribution in [0.5, 0.6) is 0 Å². The van der Waals surface area contributed by atoms with E-state index in [0.29, 0.717) is 5.02 Å². The van der Waals surface area contributed by atoms with Gasteiger partial charge in [-0.05, 0) is 36.3 Å². The second kappa shape index (κ2) is 4.10. The Morgan fingerprint density at radius 2 is 2.23 bits per heavy atom. The molecule has 68 valence electrons. The Labute approximate surface area is 82.0 Å². The highest BCUT2D eigenvalue weighted by atomic mass is 35.5. The number of amides is 1. The molecule has 3 heteroatoms. The molecular weight excluding hydrogens is 186 g/mol. The standard InChI is InChI=1S/C10H10ClNO/c1-7-2-4-9(11)6-8(7)3-5-10(12)13/h2-6H,1H3,(H2,12,13)/b5-3+. The number of aryl methyl sites for hydroxylation is 1. The molecule has 1 aromatic rings. The fourth-order valence-corrected chi connectivity index (χ4v) is 1.14. The highest BCUT2D eigenvalue weighted by Crippen LogP contribution is 2.16. The molecule has 0 atom stereocenters. The quantitative estimate of drug-likeness (QED) is 0.722. The van der Waals surface area contributed by atoms with E-state index in [1.165, 1.54) is 6.08 Å². The Balaban J connectivity index is 3.00. The first-order valence-corrected chi connectivity index (χ1v) is 4.21. The third-order valence-electron chi connectivity index (χ3n) is 1.67. The van der Waals surface area contributed by atoms with E-state index >= 15 is 0 Å². The number of hydrogen-bond acceptors (Lipinski definition) is 1. The molecule has 0 aliphatic heterocycles. The van der Waals surface area contributed by atoms with Gasteiger partial charge in [-0.3, -0.25) is 4.79 Å². The Bertz CT molecular complexity index is 358. The maximum atomic E-state index is 10.5. The zero-order valence-corrected chi connectivity index (χ0v) is 8.01. The van der Waals surface area contributed by atoms with E-state index in [1.54, 1.807) is 18.2 Å². The van der Waals surface area contributed by atoms with Crippen LogP contribution in [0.4, 0.5) is 0 Å². The van der Waals surface area contributed by atoms with E-state index in [4.69, 9.17) is 17.3 Å². The number of benzene rings is 1. The lowest BCUT2D eigenvalue weighted by Crippen LogP contribution is -2.05. The van der Waals surface area contributed by atoms with Crippen LogP contribution in [0, 0.1) is 6.92 Å². The molecule has 13 heavy (non-hydrogen) atoms. The number of primary amides is 1. The van der Waals surface area contributed by atoms with Crippen LogP contribution in [-0.4, -0.2) is 5.91 Å². The molecule has 1 aromatic carbocycles. The molecule has 0 aromatic heterocycles. The predicted molar refractivity (Wildman–Crippen MR) is 54.4 cm³/mol. The Morgan fingerprint density at radius 1 is 1.54 bits per heavy atom. The second-order valence-electron chi connectivity index (χ2n) is 2.74. The lowest BCUT2D eigenvalue weighted by molar-refractivity contribution is -0.113. The highest BCUT2D eigenvalue weighted by molar-refractivity contribution is 6.30. The first-order chi connectivity index (χ1) is 6.09. The average Bonchev–Trinajstić information content (AvgIpc) is 2.06. The highest BCUT2D eigenvalue weighted by Gasteiger charge is 1.95. The van der Waals surface area contributed by atoms with Crippen LogP contribution in [0.3, 0.4) is 0 Å². The summed E-state index contributed by atoms with van der Waals surface area (Å²) < 4.78 is 0. The molecule has 0 aliphatic rings. The molecule has 0 saturated heterocycles.